The van der Waals surface area contributed by atoms with E-state index in [9.17, 15) is 9.59 Å². The molecule has 0 aromatic rings. The maximum atomic E-state index is 10.9. The minimum atomic E-state index is -0.394. The van der Waals surface area contributed by atoms with Crippen LogP contribution in [0.15, 0.2) is 12.2 Å². The van der Waals surface area contributed by atoms with Gasteiger partial charge in [0.25, 0.3) is 0 Å². The Labute approximate surface area is 71.4 Å². The molecule has 0 radical (unpaired) electrons. The molecule has 1 heterocycles. The Hall–Kier alpha value is -1.12. The first kappa shape index (κ1) is 8.97. The number of hydrogen-bond donors (Lipinski definition) is 0. The highest BCUT2D eigenvalue weighted by atomic mass is 16.6. The lowest BCUT2D eigenvalue weighted by atomic mass is 10.0. The van der Waals surface area contributed by atoms with E-state index < -0.39 is 5.97 Å². The van der Waals surface area contributed by atoms with Crippen molar-refractivity contribution in [2.24, 2.45) is 5.92 Å². The van der Waals surface area contributed by atoms with Gasteiger partial charge in [0.2, 0.25) is 0 Å². The topological polar surface area (TPSA) is 43.4 Å². The third kappa shape index (κ3) is 2.19. The Bertz CT molecular complexity index is 218. The van der Waals surface area contributed by atoms with E-state index in [-0.39, 0.29) is 18.3 Å². The highest BCUT2D eigenvalue weighted by molar-refractivity contribution is 5.94. The van der Waals surface area contributed by atoms with Gasteiger partial charge in [-0.15, -0.1) is 0 Å². The molecule has 0 bridgehead atoms. The van der Waals surface area contributed by atoms with Crippen LogP contribution in [0.2, 0.25) is 0 Å². The van der Waals surface area contributed by atoms with E-state index >= 15 is 0 Å². The third-order valence-corrected chi connectivity index (χ3v) is 1.78. The number of rotatable bonds is 3. The van der Waals surface area contributed by atoms with Crippen molar-refractivity contribution in [1.29, 1.82) is 0 Å². The second-order valence-electron chi connectivity index (χ2n) is 2.81. The Kier molecular flexibility index (Phi) is 3.02. The van der Waals surface area contributed by atoms with Gasteiger partial charge in [-0.2, -0.15) is 0 Å². The van der Waals surface area contributed by atoms with Gasteiger partial charge in [0.05, 0.1) is 12.3 Å². The van der Waals surface area contributed by atoms with E-state index in [1.165, 1.54) is 0 Å². The van der Waals surface area contributed by atoms with Gasteiger partial charge in [-0.1, -0.05) is 19.1 Å². The van der Waals surface area contributed by atoms with Crippen LogP contribution in [0.25, 0.3) is 0 Å². The zero-order valence-corrected chi connectivity index (χ0v) is 7.08. The molecule has 1 aliphatic rings. The summed E-state index contributed by atoms with van der Waals surface area (Å²) in [6, 6.07) is 0. The molecule has 3 nitrogen and oxygen atoms in total. The van der Waals surface area contributed by atoms with Crippen LogP contribution in [0.3, 0.4) is 0 Å². The lowest BCUT2D eigenvalue weighted by molar-refractivity contribution is -0.153. The molecule has 0 amide bonds. The number of cyclic esters (lactones) is 2. The zero-order chi connectivity index (χ0) is 8.97. The Morgan fingerprint density at radius 1 is 1.50 bits per heavy atom. The van der Waals surface area contributed by atoms with E-state index in [0.29, 0.717) is 6.42 Å². The summed E-state index contributed by atoms with van der Waals surface area (Å²) in [5, 5.41) is 0. The molecule has 12 heavy (non-hydrogen) atoms. The second-order valence-corrected chi connectivity index (χ2v) is 2.81. The molecule has 0 spiro atoms. The Morgan fingerprint density at radius 2 is 2.25 bits per heavy atom. The maximum absolute atomic E-state index is 10.9. The van der Waals surface area contributed by atoms with E-state index in [0.717, 1.165) is 6.42 Å². The first-order valence-corrected chi connectivity index (χ1v) is 4.13. The first-order valence-electron chi connectivity index (χ1n) is 4.13. The lowest BCUT2D eigenvalue weighted by Gasteiger charge is -1.96. The second kappa shape index (κ2) is 4.04. The molecule has 1 saturated heterocycles. The summed E-state index contributed by atoms with van der Waals surface area (Å²) in [5.41, 5.74) is 0. The molecule has 1 aliphatic heterocycles. The van der Waals surface area contributed by atoms with Crippen LogP contribution in [-0.4, -0.2) is 11.9 Å². The molecule has 1 atom stereocenters. The summed E-state index contributed by atoms with van der Waals surface area (Å²) in [6.07, 6.45) is 5.72. The largest absolute Gasteiger partial charge is 0.393 e. The monoisotopic (exact) mass is 168 g/mol. The molecule has 0 aliphatic carbocycles. The van der Waals surface area contributed by atoms with Gasteiger partial charge >= 0.3 is 11.9 Å². The fourth-order valence-electron chi connectivity index (χ4n) is 1.13. The smallest absolute Gasteiger partial charge is 0.317 e. The van der Waals surface area contributed by atoms with Gasteiger partial charge in [0.1, 0.15) is 0 Å². The van der Waals surface area contributed by atoms with Gasteiger partial charge < -0.3 is 4.74 Å². The van der Waals surface area contributed by atoms with Crippen LogP contribution in [0.5, 0.6) is 0 Å². The molecule has 1 rings (SSSR count). The quantitative estimate of drug-likeness (QED) is 0.364. The number of carbonyl (C=O) groups is 2. The highest BCUT2D eigenvalue weighted by Crippen LogP contribution is 2.19. The van der Waals surface area contributed by atoms with Crippen LogP contribution >= 0.6 is 0 Å². The van der Waals surface area contributed by atoms with E-state index in [1.54, 1.807) is 0 Å². The summed E-state index contributed by atoms with van der Waals surface area (Å²) >= 11 is 0. The predicted molar refractivity (Wildman–Crippen MR) is 43.3 cm³/mol. The molecule has 3 heteroatoms. The molecular formula is C9H12O3. The van der Waals surface area contributed by atoms with Crippen LogP contribution < -0.4 is 0 Å². The summed E-state index contributed by atoms with van der Waals surface area (Å²) in [6.45, 7) is 2.02. The van der Waals surface area contributed by atoms with Gasteiger partial charge in [0, 0.05) is 0 Å². The van der Waals surface area contributed by atoms with Crippen molar-refractivity contribution in [3.63, 3.8) is 0 Å². The summed E-state index contributed by atoms with van der Waals surface area (Å²) in [4.78, 5) is 21.5. The van der Waals surface area contributed by atoms with Crippen molar-refractivity contribution in [2.45, 2.75) is 26.2 Å². The summed E-state index contributed by atoms with van der Waals surface area (Å²) < 4.78 is 4.39. The minimum Gasteiger partial charge on any atom is -0.393 e. The van der Waals surface area contributed by atoms with E-state index in [2.05, 4.69) is 4.74 Å². The fraction of sp³-hybridized carbons (Fsp3) is 0.556. The van der Waals surface area contributed by atoms with Crippen LogP contribution in [0, 0.1) is 5.92 Å². The standard InChI is InChI=1S/C9H12O3/c1-2-3-4-5-7-6-8(10)12-9(7)11/h3-4,7H,2,5-6H2,1H3/b4-3-. The van der Waals surface area contributed by atoms with E-state index in [4.69, 9.17) is 0 Å². The number of carbonyl (C=O) groups excluding carboxylic acids is 2. The predicted octanol–water partition coefficient (Wildman–Crippen LogP) is 1.43. The van der Waals surface area contributed by atoms with Crippen LogP contribution in [0.4, 0.5) is 0 Å². The van der Waals surface area contributed by atoms with Crippen molar-refractivity contribution >= 4 is 11.9 Å². The van der Waals surface area contributed by atoms with E-state index in [1.807, 2.05) is 19.1 Å². The van der Waals surface area contributed by atoms with Gasteiger partial charge in [-0.05, 0) is 12.8 Å². The molecule has 0 aromatic carbocycles. The average Bonchev–Trinajstić information content (AvgIpc) is 2.31. The lowest BCUT2D eigenvalue weighted by Crippen LogP contribution is -2.05. The fourth-order valence-corrected chi connectivity index (χ4v) is 1.13. The van der Waals surface area contributed by atoms with Crippen molar-refractivity contribution in [1.82, 2.24) is 0 Å². The number of esters is 2. The maximum Gasteiger partial charge on any atom is 0.317 e. The first-order chi connectivity index (χ1) is 5.74. The number of allylic oxidation sites excluding steroid dienone is 2. The Morgan fingerprint density at radius 3 is 2.75 bits per heavy atom. The molecular weight excluding hydrogens is 156 g/mol. The SMILES string of the molecule is CC/C=C\CC1CC(=O)OC1=O. The zero-order valence-electron chi connectivity index (χ0n) is 7.08. The van der Waals surface area contributed by atoms with Crippen molar-refractivity contribution in [3.05, 3.63) is 12.2 Å². The van der Waals surface area contributed by atoms with Gasteiger partial charge in [-0.25, -0.2) is 0 Å². The normalized spacial score (nSPS) is 23.6. The van der Waals surface area contributed by atoms with Crippen molar-refractivity contribution < 1.29 is 14.3 Å². The molecule has 1 unspecified atom stereocenters. The number of ether oxygens (including phenoxy) is 1. The third-order valence-electron chi connectivity index (χ3n) is 1.78. The highest BCUT2D eigenvalue weighted by Gasteiger charge is 2.31. The van der Waals surface area contributed by atoms with Crippen LogP contribution in [0.1, 0.15) is 26.2 Å². The van der Waals surface area contributed by atoms with Crippen molar-refractivity contribution in [3.8, 4) is 0 Å². The minimum absolute atomic E-state index is 0.236. The molecule has 0 saturated carbocycles. The molecule has 0 aromatic heterocycles. The summed E-state index contributed by atoms with van der Waals surface area (Å²) in [5.74, 6) is -1.00. The molecule has 0 N–H and O–H groups in total. The van der Waals surface area contributed by atoms with Gasteiger partial charge in [-0.3, -0.25) is 9.59 Å². The Balaban J connectivity index is 2.38. The van der Waals surface area contributed by atoms with Crippen molar-refractivity contribution in [2.75, 3.05) is 0 Å². The molecule has 66 valence electrons. The number of hydrogen-bond acceptors (Lipinski definition) is 3. The van der Waals surface area contributed by atoms with Gasteiger partial charge in [0.15, 0.2) is 0 Å². The average molecular weight is 168 g/mol. The molecule has 1 fully saturated rings. The summed E-state index contributed by atoms with van der Waals surface area (Å²) in [7, 11) is 0. The van der Waals surface area contributed by atoms with Crippen LogP contribution in [-0.2, 0) is 14.3 Å².